The highest BCUT2D eigenvalue weighted by atomic mass is 32.2. The van der Waals surface area contributed by atoms with Gasteiger partial charge in [0.15, 0.2) is 0 Å². The number of rotatable bonds is 10. The second-order valence-corrected chi connectivity index (χ2v) is 11.1. The summed E-state index contributed by atoms with van der Waals surface area (Å²) in [6, 6.07) is 14.5. The van der Waals surface area contributed by atoms with E-state index < -0.39 is 33.8 Å². The van der Waals surface area contributed by atoms with Crippen molar-refractivity contribution >= 4 is 26.9 Å². The zero-order valence-corrected chi connectivity index (χ0v) is 23.0. The minimum atomic E-state index is -4.54. The van der Waals surface area contributed by atoms with Crippen molar-refractivity contribution < 1.29 is 36.2 Å². The highest BCUT2D eigenvalue weighted by Gasteiger charge is 2.33. The number of nitrogens with zero attached hydrogens (tertiary/aromatic N) is 1. The van der Waals surface area contributed by atoms with Crippen LogP contribution in [-0.4, -0.2) is 36.7 Å². The molecule has 2 N–H and O–H groups in total. The van der Waals surface area contributed by atoms with Gasteiger partial charge in [0.05, 0.1) is 10.5 Å². The van der Waals surface area contributed by atoms with Gasteiger partial charge in [0.1, 0.15) is 18.4 Å². The van der Waals surface area contributed by atoms with Crippen molar-refractivity contribution in [2.45, 2.75) is 43.9 Å². The molecule has 0 aliphatic carbocycles. The molecule has 0 saturated carbocycles. The third kappa shape index (κ3) is 7.09. The van der Waals surface area contributed by atoms with E-state index >= 15 is 0 Å². The number of aliphatic carboxylic acids is 1. The second-order valence-electron chi connectivity index (χ2n) is 9.36. The molecule has 1 unspecified atom stereocenters. The van der Waals surface area contributed by atoms with E-state index in [-0.39, 0.29) is 30.0 Å². The first-order chi connectivity index (χ1) is 19.4. The predicted molar refractivity (Wildman–Crippen MR) is 148 cm³/mol. The van der Waals surface area contributed by atoms with E-state index in [2.05, 4.69) is 16.6 Å². The Labute approximate surface area is 235 Å². The first kappa shape index (κ1) is 29.7. The average molecular weight is 585 g/mol. The Morgan fingerprint density at radius 1 is 1.07 bits per heavy atom. The lowest BCUT2D eigenvalue weighted by Crippen LogP contribution is -2.42. The topological polar surface area (TPSA) is 97.6 Å². The smallest absolute Gasteiger partial charge is 0.416 e. The molecule has 41 heavy (non-hydrogen) atoms. The molecule has 0 aliphatic heterocycles. The molecule has 1 aromatic heterocycles. The van der Waals surface area contributed by atoms with E-state index in [0.717, 1.165) is 11.6 Å². The van der Waals surface area contributed by atoms with Gasteiger partial charge >= 0.3 is 12.1 Å². The van der Waals surface area contributed by atoms with Crippen LogP contribution in [0.1, 0.15) is 29.2 Å². The number of benzene rings is 3. The van der Waals surface area contributed by atoms with Crippen molar-refractivity contribution in [1.29, 1.82) is 0 Å². The van der Waals surface area contributed by atoms with Gasteiger partial charge in [-0.25, -0.2) is 8.42 Å². The molecule has 4 rings (SSSR count). The summed E-state index contributed by atoms with van der Waals surface area (Å²) in [4.78, 5) is 12.0. The summed E-state index contributed by atoms with van der Waals surface area (Å²) >= 11 is 0. The van der Waals surface area contributed by atoms with Crippen LogP contribution >= 0.6 is 0 Å². The van der Waals surface area contributed by atoms with Gasteiger partial charge in [0, 0.05) is 30.1 Å². The van der Waals surface area contributed by atoms with Crippen LogP contribution in [0.25, 0.3) is 10.9 Å². The summed E-state index contributed by atoms with van der Waals surface area (Å²) < 4.78 is 76.2. The van der Waals surface area contributed by atoms with E-state index in [4.69, 9.17) is 4.74 Å². The van der Waals surface area contributed by atoms with Crippen LogP contribution in [0.4, 0.5) is 13.2 Å². The molecule has 0 saturated heterocycles. The third-order valence-electron chi connectivity index (χ3n) is 6.42. The Morgan fingerprint density at radius 3 is 2.44 bits per heavy atom. The van der Waals surface area contributed by atoms with Gasteiger partial charge in [0.25, 0.3) is 0 Å². The van der Waals surface area contributed by atoms with E-state index in [1.54, 1.807) is 35.9 Å². The summed E-state index contributed by atoms with van der Waals surface area (Å²) in [5, 5.41) is 10.5. The Hall–Kier alpha value is -4.27. The van der Waals surface area contributed by atoms with Gasteiger partial charge < -0.3 is 14.4 Å². The lowest BCUT2D eigenvalue weighted by atomic mass is 10.0. The molecule has 0 radical (unpaired) electrons. The maximum atomic E-state index is 13.6. The Balaban J connectivity index is 1.63. The van der Waals surface area contributed by atoms with Crippen molar-refractivity contribution in [1.82, 2.24) is 9.29 Å². The minimum absolute atomic E-state index is 0.0497. The van der Waals surface area contributed by atoms with Gasteiger partial charge in [-0.1, -0.05) is 35.7 Å². The van der Waals surface area contributed by atoms with Crippen molar-refractivity contribution in [3.63, 3.8) is 0 Å². The number of halogens is 3. The third-order valence-corrected chi connectivity index (χ3v) is 7.91. The second kappa shape index (κ2) is 12.1. The van der Waals surface area contributed by atoms with E-state index in [1.807, 2.05) is 6.92 Å². The molecular weight excluding hydrogens is 557 g/mol. The molecule has 0 aliphatic rings. The van der Waals surface area contributed by atoms with Gasteiger partial charge in [-0.2, -0.15) is 17.9 Å². The first-order valence-corrected chi connectivity index (χ1v) is 14.0. The van der Waals surface area contributed by atoms with Crippen LogP contribution in [0.2, 0.25) is 0 Å². The van der Waals surface area contributed by atoms with Gasteiger partial charge in [0.2, 0.25) is 10.0 Å². The molecule has 0 bridgehead atoms. The Kier molecular flexibility index (Phi) is 8.75. The maximum Gasteiger partial charge on any atom is 0.416 e. The van der Waals surface area contributed by atoms with Gasteiger partial charge in [-0.15, -0.1) is 5.92 Å². The lowest BCUT2D eigenvalue weighted by Gasteiger charge is -2.15. The van der Waals surface area contributed by atoms with Crippen molar-refractivity contribution in [3.05, 3.63) is 95.2 Å². The van der Waals surface area contributed by atoms with Crippen molar-refractivity contribution in [2.24, 2.45) is 0 Å². The average Bonchev–Trinajstić information content (AvgIpc) is 3.24. The predicted octanol–water partition coefficient (Wildman–Crippen LogP) is 5.39. The number of carboxylic acid groups (broad SMARTS) is 1. The number of alkyl halides is 3. The van der Waals surface area contributed by atoms with Gasteiger partial charge in [-0.3, -0.25) is 4.79 Å². The Bertz CT molecular complexity index is 1730. The number of fused-ring (bicyclic) bond motifs is 1. The number of carbonyl (C=O) groups is 1. The Morgan fingerprint density at radius 2 is 1.78 bits per heavy atom. The normalized spacial score (nSPS) is 12.5. The zero-order valence-electron chi connectivity index (χ0n) is 22.2. The number of hydrogen-bond donors (Lipinski definition) is 2. The first-order valence-electron chi connectivity index (χ1n) is 12.5. The summed E-state index contributed by atoms with van der Waals surface area (Å²) in [7, 11) is -4.24. The lowest BCUT2D eigenvalue weighted by molar-refractivity contribution is -0.139. The SMILES string of the molecule is CC#CCOc1ccc(S(=O)(=O)NC(Cc2cn(Cc3ccccc3C(F)(F)F)c3ccc(C)cc23)C(=O)O)cc1. The highest BCUT2D eigenvalue weighted by Crippen LogP contribution is 2.33. The molecule has 0 amide bonds. The van der Waals surface area contributed by atoms with E-state index in [1.165, 1.54) is 42.5 Å². The van der Waals surface area contributed by atoms with Crippen LogP contribution < -0.4 is 9.46 Å². The molecule has 0 fully saturated rings. The standard InChI is InChI=1S/C30H27F3N2O5S/c1-3-4-15-40-23-10-12-24(13-11-23)41(38,39)34-27(29(36)37)17-22-19-35(28-14-9-20(2)16-25(22)28)18-21-7-5-6-8-26(21)30(31,32)33/h5-14,16,19,27,34H,15,17-18H2,1-2H3,(H,36,37). The number of carboxylic acids is 1. The summed E-state index contributed by atoms with van der Waals surface area (Å²) in [6.45, 7) is 3.52. The fraction of sp³-hybridized carbons (Fsp3) is 0.233. The number of nitrogens with one attached hydrogen (secondary N) is 1. The molecule has 4 aromatic rings. The number of aromatic nitrogens is 1. The van der Waals surface area contributed by atoms with Crippen LogP contribution in [0.3, 0.4) is 0 Å². The molecule has 3 aromatic carbocycles. The minimum Gasteiger partial charge on any atom is -0.481 e. The van der Waals surface area contributed by atoms with E-state index in [0.29, 0.717) is 22.2 Å². The maximum absolute atomic E-state index is 13.6. The molecule has 7 nitrogen and oxygen atoms in total. The monoisotopic (exact) mass is 584 g/mol. The van der Waals surface area contributed by atoms with Gasteiger partial charge in [-0.05, 0) is 67.4 Å². The van der Waals surface area contributed by atoms with Crippen LogP contribution in [-0.2, 0) is 34.0 Å². The van der Waals surface area contributed by atoms with Crippen molar-refractivity contribution in [2.75, 3.05) is 6.61 Å². The quantitative estimate of drug-likeness (QED) is 0.244. The largest absolute Gasteiger partial charge is 0.481 e. The molecule has 1 heterocycles. The highest BCUT2D eigenvalue weighted by molar-refractivity contribution is 7.89. The molecular formula is C30H27F3N2O5S. The summed E-state index contributed by atoms with van der Waals surface area (Å²) in [6.07, 6.45) is -3.20. The fourth-order valence-corrected chi connectivity index (χ4v) is 5.65. The van der Waals surface area contributed by atoms with Crippen molar-refractivity contribution in [3.8, 4) is 17.6 Å². The van der Waals surface area contributed by atoms with Crippen LogP contribution in [0.15, 0.2) is 77.8 Å². The molecule has 1 atom stereocenters. The number of aryl methyl sites for hydroxylation is 1. The molecule has 0 spiro atoms. The summed E-state index contributed by atoms with van der Waals surface area (Å²) in [5.41, 5.74) is 1.21. The van der Waals surface area contributed by atoms with Crippen LogP contribution in [0.5, 0.6) is 5.75 Å². The molecule has 214 valence electrons. The fourth-order valence-electron chi connectivity index (χ4n) is 4.46. The van der Waals surface area contributed by atoms with E-state index in [9.17, 15) is 31.5 Å². The molecule has 11 heteroatoms. The number of ether oxygens (including phenoxy) is 1. The van der Waals surface area contributed by atoms with Crippen LogP contribution in [0, 0.1) is 18.8 Å². The zero-order chi connectivity index (χ0) is 29.8. The summed E-state index contributed by atoms with van der Waals surface area (Å²) in [5.74, 6) is 4.40. The number of sulfonamides is 1. The number of hydrogen-bond acceptors (Lipinski definition) is 4.